The van der Waals surface area contributed by atoms with Crippen LogP contribution in [0.2, 0.25) is 0 Å². The lowest BCUT2D eigenvalue weighted by atomic mass is 9.96. The van der Waals surface area contributed by atoms with E-state index in [2.05, 4.69) is 10.6 Å². The number of ketones is 2. The zero-order chi connectivity index (χ0) is 14.0. The van der Waals surface area contributed by atoms with Gasteiger partial charge in [-0.25, -0.2) is 0 Å². The summed E-state index contributed by atoms with van der Waals surface area (Å²) >= 11 is 5.48. The largest absolute Gasteiger partial charge is 0.355 e. The van der Waals surface area contributed by atoms with Crippen molar-refractivity contribution in [1.29, 1.82) is 0 Å². The SMILES string of the molecule is CC(=O)CC(CC(C)=O)C(=O)NCCNCCCl. The maximum absolute atomic E-state index is 11.8. The zero-order valence-electron chi connectivity index (χ0n) is 10.9. The van der Waals surface area contributed by atoms with Crippen LogP contribution in [0.4, 0.5) is 0 Å². The van der Waals surface area contributed by atoms with Gasteiger partial charge in [-0.2, -0.15) is 0 Å². The van der Waals surface area contributed by atoms with Gasteiger partial charge in [-0.15, -0.1) is 11.6 Å². The number of Topliss-reactive ketones (excluding diaryl/α,β-unsaturated/α-hetero) is 2. The van der Waals surface area contributed by atoms with Gasteiger partial charge in [0, 0.05) is 38.4 Å². The van der Waals surface area contributed by atoms with Crippen LogP contribution in [0.25, 0.3) is 0 Å². The fourth-order valence-corrected chi connectivity index (χ4v) is 1.70. The number of carbonyl (C=O) groups excluding carboxylic acids is 3. The first-order valence-electron chi connectivity index (χ1n) is 6.00. The van der Waals surface area contributed by atoms with Crippen molar-refractivity contribution in [3.8, 4) is 0 Å². The smallest absolute Gasteiger partial charge is 0.224 e. The second-order valence-electron chi connectivity index (χ2n) is 4.24. The molecule has 0 aromatic rings. The van der Waals surface area contributed by atoms with E-state index in [0.29, 0.717) is 25.5 Å². The van der Waals surface area contributed by atoms with Crippen molar-refractivity contribution < 1.29 is 14.4 Å². The number of alkyl halides is 1. The topological polar surface area (TPSA) is 75.3 Å². The number of carbonyl (C=O) groups is 3. The molecule has 0 rings (SSSR count). The van der Waals surface area contributed by atoms with Gasteiger partial charge in [-0.3, -0.25) is 4.79 Å². The predicted molar refractivity (Wildman–Crippen MR) is 70.7 cm³/mol. The summed E-state index contributed by atoms with van der Waals surface area (Å²) in [5, 5.41) is 5.73. The molecule has 0 aliphatic heterocycles. The van der Waals surface area contributed by atoms with E-state index in [1.54, 1.807) is 0 Å². The van der Waals surface area contributed by atoms with Crippen molar-refractivity contribution in [3.63, 3.8) is 0 Å². The molecule has 0 aliphatic rings. The van der Waals surface area contributed by atoms with E-state index >= 15 is 0 Å². The molecule has 6 heteroatoms. The van der Waals surface area contributed by atoms with Gasteiger partial charge >= 0.3 is 0 Å². The van der Waals surface area contributed by atoms with Crippen LogP contribution in [0.3, 0.4) is 0 Å². The molecule has 0 saturated heterocycles. The van der Waals surface area contributed by atoms with Gasteiger partial charge < -0.3 is 20.2 Å². The molecule has 0 aromatic carbocycles. The van der Waals surface area contributed by atoms with Crippen LogP contribution < -0.4 is 10.6 Å². The van der Waals surface area contributed by atoms with Gasteiger partial charge in [-0.05, 0) is 13.8 Å². The predicted octanol–water partition coefficient (Wildman–Crippen LogP) is 0.505. The van der Waals surface area contributed by atoms with Gasteiger partial charge in [-0.1, -0.05) is 0 Å². The highest BCUT2D eigenvalue weighted by Gasteiger charge is 2.21. The van der Waals surface area contributed by atoms with Crippen molar-refractivity contribution >= 4 is 29.1 Å². The van der Waals surface area contributed by atoms with Crippen LogP contribution in [-0.4, -0.2) is 43.0 Å². The fourth-order valence-electron chi connectivity index (χ4n) is 1.56. The van der Waals surface area contributed by atoms with Gasteiger partial charge in [0.15, 0.2) is 0 Å². The molecule has 18 heavy (non-hydrogen) atoms. The molecule has 0 aromatic heterocycles. The molecule has 0 atom stereocenters. The van der Waals surface area contributed by atoms with E-state index in [1.165, 1.54) is 13.8 Å². The first kappa shape index (κ1) is 17.1. The molecule has 0 unspecified atom stereocenters. The third kappa shape index (κ3) is 9.13. The Kier molecular flexibility index (Phi) is 9.50. The number of rotatable bonds is 10. The summed E-state index contributed by atoms with van der Waals surface area (Å²) in [6.45, 7) is 4.60. The van der Waals surface area contributed by atoms with Crippen molar-refractivity contribution in [2.24, 2.45) is 5.92 Å². The van der Waals surface area contributed by atoms with Crippen molar-refractivity contribution in [1.82, 2.24) is 10.6 Å². The van der Waals surface area contributed by atoms with E-state index in [9.17, 15) is 14.4 Å². The molecule has 0 fully saturated rings. The molecular formula is C12H21ClN2O3. The molecule has 0 spiro atoms. The molecule has 2 N–H and O–H groups in total. The Morgan fingerprint density at radius 1 is 1.00 bits per heavy atom. The maximum atomic E-state index is 11.8. The number of hydrogen-bond donors (Lipinski definition) is 2. The summed E-state index contributed by atoms with van der Waals surface area (Å²) in [6, 6.07) is 0. The van der Waals surface area contributed by atoms with Crippen LogP contribution >= 0.6 is 11.6 Å². The Bertz CT molecular complexity index is 279. The highest BCUT2D eigenvalue weighted by Crippen LogP contribution is 2.10. The van der Waals surface area contributed by atoms with Gasteiger partial charge in [0.2, 0.25) is 5.91 Å². The summed E-state index contributed by atoms with van der Waals surface area (Å²) < 4.78 is 0. The van der Waals surface area contributed by atoms with E-state index < -0.39 is 5.92 Å². The molecule has 0 radical (unpaired) electrons. The third-order valence-corrected chi connectivity index (χ3v) is 2.50. The summed E-state index contributed by atoms with van der Waals surface area (Å²) in [5.41, 5.74) is 0. The molecule has 0 bridgehead atoms. The monoisotopic (exact) mass is 276 g/mol. The lowest BCUT2D eigenvalue weighted by Crippen LogP contribution is -2.37. The average molecular weight is 277 g/mol. The first-order valence-corrected chi connectivity index (χ1v) is 6.54. The molecule has 0 saturated carbocycles. The normalized spacial score (nSPS) is 10.4. The van der Waals surface area contributed by atoms with Crippen molar-refractivity contribution in [2.45, 2.75) is 26.7 Å². The van der Waals surface area contributed by atoms with Crippen LogP contribution in [0.5, 0.6) is 0 Å². The van der Waals surface area contributed by atoms with Crippen molar-refractivity contribution in [2.75, 3.05) is 25.5 Å². The molecule has 0 heterocycles. The van der Waals surface area contributed by atoms with Crippen LogP contribution in [0, 0.1) is 5.92 Å². The average Bonchev–Trinajstić information content (AvgIpc) is 2.26. The highest BCUT2D eigenvalue weighted by molar-refractivity contribution is 6.18. The minimum absolute atomic E-state index is 0.0864. The Labute approximate surface area is 113 Å². The van der Waals surface area contributed by atoms with Crippen LogP contribution in [-0.2, 0) is 14.4 Å². The Morgan fingerprint density at radius 3 is 2.00 bits per heavy atom. The zero-order valence-corrected chi connectivity index (χ0v) is 11.7. The standard InChI is InChI=1S/C12H21ClN2O3/c1-9(16)7-11(8-10(2)17)12(18)15-6-5-14-4-3-13/h11,14H,3-8H2,1-2H3,(H,15,18). The summed E-state index contributed by atoms with van der Waals surface area (Å²) in [5.74, 6) is -0.444. The molecule has 0 aliphatic carbocycles. The number of nitrogens with one attached hydrogen (secondary N) is 2. The summed E-state index contributed by atoms with van der Waals surface area (Å²) in [4.78, 5) is 33.9. The lowest BCUT2D eigenvalue weighted by molar-refractivity contribution is -0.131. The maximum Gasteiger partial charge on any atom is 0.224 e. The van der Waals surface area contributed by atoms with E-state index in [-0.39, 0.29) is 30.3 Å². The van der Waals surface area contributed by atoms with E-state index in [4.69, 9.17) is 11.6 Å². The Hall–Kier alpha value is -0.940. The number of halogens is 1. The molecule has 104 valence electrons. The number of amides is 1. The lowest BCUT2D eigenvalue weighted by Gasteiger charge is -2.14. The minimum atomic E-state index is -0.548. The summed E-state index contributed by atoms with van der Waals surface area (Å²) in [6.07, 6.45) is 0.223. The second-order valence-corrected chi connectivity index (χ2v) is 4.62. The molecule has 1 amide bonds. The number of hydrogen-bond acceptors (Lipinski definition) is 4. The van der Waals surface area contributed by atoms with E-state index in [1.807, 2.05) is 0 Å². The van der Waals surface area contributed by atoms with Crippen LogP contribution in [0.15, 0.2) is 0 Å². The Morgan fingerprint density at radius 2 is 1.56 bits per heavy atom. The van der Waals surface area contributed by atoms with Gasteiger partial charge in [0.1, 0.15) is 11.6 Å². The first-order chi connectivity index (χ1) is 8.47. The van der Waals surface area contributed by atoms with Crippen LogP contribution in [0.1, 0.15) is 26.7 Å². The molecule has 5 nitrogen and oxygen atoms in total. The minimum Gasteiger partial charge on any atom is -0.355 e. The van der Waals surface area contributed by atoms with Gasteiger partial charge in [0.25, 0.3) is 0 Å². The van der Waals surface area contributed by atoms with Gasteiger partial charge in [0.05, 0.1) is 5.92 Å². The fraction of sp³-hybridized carbons (Fsp3) is 0.750. The summed E-state index contributed by atoms with van der Waals surface area (Å²) in [7, 11) is 0. The third-order valence-electron chi connectivity index (χ3n) is 2.31. The van der Waals surface area contributed by atoms with Crippen molar-refractivity contribution in [3.05, 3.63) is 0 Å². The quantitative estimate of drug-likeness (QED) is 0.450. The Balaban J connectivity index is 4.04. The highest BCUT2D eigenvalue weighted by atomic mass is 35.5. The molecular weight excluding hydrogens is 256 g/mol. The second kappa shape index (κ2) is 10.0. The van der Waals surface area contributed by atoms with E-state index in [0.717, 1.165) is 0 Å².